The number of alkyl halides is 3. The van der Waals surface area contributed by atoms with E-state index in [1.807, 2.05) is 18.3 Å². The molecule has 0 bridgehead atoms. The van der Waals surface area contributed by atoms with Gasteiger partial charge in [0.2, 0.25) is 0 Å². The zero-order valence-electron chi connectivity index (χ0n) is 13.7. The van der Waals surface area contributed by atoms with E-state index in [1.165, 1.54) is 0 Å². The normalized spacial score (nSPS) is 15.7. The summed E-state index contributed by atoms with van der Waals surface area (Å²) in [5.41, 5.74) is 2.64. The van der Waals surface area contributed by atoms with Crippen LogP contribution in [0, 0.1) is 0 Å². The summed E-state index contributed by atoms with van der Waals surface area (Å²) in [7, 11) is 0. The standard InChI is InChI=1S/C18H15F3N4O/c19-18(20,21)5-13(26)10-25-4-2-11(9-25)15-8-22-6-12-7-24-17-14(16(12)15)1-3-23-17/h1-3,6-8H,4-5,9-10H2,(H,23,24). The van der Waals surface area contributed by atoms with Crippen LogP contribution in [0.3, 0.4) is 0 Å². The predicted octanol–water partition coefficient (Wildman–Crippen LogP) is 3.33. The Balaban J connectivity index is 1.60. The van der Waals surface area contributed by atoms with E-state index in [0.29, 0.717) is 13.1 Å². The van der Waals surface area contributed by atoms with Gasteiger partial charge in [0.1, 0.15) is 12.1 Å². The Labute approximate surface area is 146 Å². The first kappa shape index (κ1) is 16.7. The number of carbonyl (C=O) groups excluding carboxylic acids is 1. The van der Waals surface area contributed by atoms with Gasteiger partial charge in [-0.2, -0.15) is 13.2 Å². The van der Waals surface area contributed by atoms with Crippen molar-refractivity contribution in [3.8, 4) is 0 Å². The van der Waals surface area contributed by atoms with E-state index in [4.69, 9.17) is 0 Å². The first-order valence-corrected chi connectivity index (χ1v) is 8.11. The summed E-state index contributed by atoms with van der Waals surface area (Å²) in [4.78, 5) is 25.0. The molecular formula is C18H15F3N4O. The second kappa shape index (κ2) is 6.21. The van der Waals surface area contributed by atoms with Gasteiger partial charge in [0, 0.05) is 59.6 Å². The molecule has 1 aliphatic heterocycles. The van der Waals surface area contributed by atoms with Gasteiger partial charge in [-0.1, -0.05) is 6.08 Å². The highest BCUT2D eigenvalue weighted by atomic mass is 19.4. The third kappa shape index (κ3) is 3.20. The fourth-order valence-electron chi connectivity index (χ4n) is 3.38. The van der Waals surface area contributed by atoms with E-state index in [2.05, 4.69) is 15.0 Å². The maximum atomic E-state index is 12.3. The summed E-state index contributed by atoms with van der Waals surface area (Å²) in [6.07, 6.45) is 3.14. The molecule has 3 aromatic heterocycles. The summed E-state index contributed by atoms with van der Waals surface area (Å²) < 4.78 is 37.0. The number of Topliss-reactive ketones (excluding diaryl/α,β-unsaturated/α-hetero) is 1. The van der Waals surface area contributed by atoms with Crippen LogP contribution >= 0.6 is 0 Å². The van der Waals surface area contributed by atoms with E-state index in [1.54, 1.807) is 23.5 Å². The number of hydrogen-bond acceptors (Lipinski definition) is 4. The highest BCUT2D eigenvalue weighted by molar-refractivity contribution is 6.09. The largest absolute Gasteiger partial charge is 0.395 e. The van der Waals surface area contributed by atoms with Crippen molar-refractivity contribution >= 4 is 33.2 Å². The molecule has 0 aliphatic carbocycles. The fraction of sp³-hybridized carbons (Fsp3) is 0.278. The maximum Gasteiger partial charge on any atom is 0.395 e. The first-order chi connectivity index (χ1) is 12.4. The molecule has 1 N–H and O–H groups in total. The topological polar surface area (TPSA) is 61.9 Å². The highest BCUT2D eigenvalue weighted by Crippen LogP contribution is 2.32. The number of pyridine rings is 2. The van der Waals surface area contributed by atoms with E-state index in [-0.39, 0.29) is 6.54 Å². The van der Waals surface area contributed by atoms with Crippen molar-refractivity contribution in [2.45, 2.75) is 12.6 Å². The molecule has 0 saturated heterocycles. The van der Waals surface area contributed by atoms with Crippen molar-refractivity contribution in [2.24, 2.45) is 0 Å². The first-order valence-electron chi connectivity index (χ1n) is 8.11. The van der Waals surface area contributed by atoms with E-state index < -0.39 is 18.4 Å². The van der Waals surface area contributed by atoms with Gasteiger partial charge in [-0.3, -0.25) is 14.7 Å². The SMILES string of the molecule is O=C(CN1CC=C(c2cncc3cnc4[nH]ccc4c23)C1)CC(F)(F)F. The van der Waals surface area contributed by atoms with Crippen molar-refractivity contribution in [3.63, 3.8) is 0 Å². The quantitative estimate of drug-likeness (QED) is 0.775. The maximum absolute atomic E-state index is 12.3. The number of nitrogens with zero attached hydrogens (tertiary/aromatic N) is 3. The molecule has 134 valence electrons. The van der Waals surface area contributed by atoms with E-state index in [0.717, 1.165) is 32.9 Å². The second-order valence-electron chi connectivity index (χ2n) is 6.38. The molecule has 0 aromatic carbocycles. The molecular weight excluding hydrogens is 345 g/mol. The second-order valence-corrected chi connectivity index (χ2v) is 6.38. The average Bonchev–Trinajstić information content (AvgIpc) is 3.21. The lowest BCUT2D eigenvalue weighted by atomic mass is 10.0. The molecule has 1 aliphatic rings. The zero-order valence-corrected chi connectivity index (χ0v) is 13.7. The molecule has 0 spiro atoms. The van der Waals surface area contributed by atoms with Crippen LogP contribution in [0.5, 0.6) is 0 Å². The minimum atomic E-state index is -4.46. The fourth-order valence-corrected chi connectivity index (χ4v) is 3.38. The van der Waals surface area contributed by atoms with Gasteiger partial charge in [-0.05, 0) is 11.6 Å². The number of H-pyrrole nitrogens is 1. The van der Waals surface area contributed by atoms with E-state index >= 15 is 0 Å². The van der Waals surface area contributed by atoms with Gasteiger partial charge < -0.3 is 4.98 Å². The molecule has 0 fully saturated rings. The van der Waals surface area contributed by atoms with E-state index in [9.17, 15) is 18.0 Å². The number of nitrogens with one attached hydrogen (secondary N) is 1. The predicted molar refractivity (Wildman–Crippen MR) is 91.5 cm³/mol. The molecule has 0 saturated carbocycles. The minimum Gasteiger partial charge on any atom is -0.346 e. The number of aromatic nitrogens is 3. The minimum absolute atomic E-state index is 0.209. The summed E-state index contributed by atoms with van der Waals surface area (Å²) in [6, 6.07) is 1.94. The van der Waals surface area contributed by atoms with Crippen LogP contribution in [-0.2, 0) is 4.79 Å². The number of carbonyl (C=O) groups is 1. The van der Waals surface area contributed by atoms with Crippen LogP contribution in [0.4, 0.5) is 13.2 Å². The summed E-state index contributed by atoms with van der Waals surface area (Å²) in [5.74, 6) is -0.819. The third-order valence-electron chi connectivity index (χ3n) is 4.44. The molecule has 0 amide bonds. The summed E-state index contributed by atoms with van der Waals surface area (Å²) in [6.45, 7) is 0.647. The van der Waals surface area contributed by atoms with Gasteiger partial charge in [-0.25, -0.2) is 4.98 Å². The zero-order chi connectivity index (χ0) is 18.3. The van der Waals surface area contributed by atoms with Crippen LogP contribution in [-0.4, -0.2) is 51.4 Å². The number of fused-ring (bicyclic) bond motifs is 3. The number of rotatable bonds is 4. The van der Waals surface area contributed by atoms with Gasteiger partial charge in [0.15, 0.2) is 5.78 Å². The van der Waals surface area contributed by atoms with Gasteiger partial charge >= 0.3 is 6.18 Å². The molecule has 0 radical (unpaired) electrons. The van der Waals surface area contributed by atoms with Crippen molar-refractivity contribution in [3.05, 3.63) is 42.5 Å². The molecule has 3 aromatic rings. The van der Waals surface area contributed by atoms with Gasteiger partial charge in [0.25, 0.3) is 0 Å². The van der Waals surface area contributed by atoms with Crippen molar-refractivity contribution in [1.82, 2.24) is 19.9 Å². The number of halogens is 3. The van der Waals surface area contributed by atoms with Gasteiger partial charge in [-0.15, -0.1) is 0 Å². The molecule has 0 unspecified atom stereocenters. The monoisotopic (exact) mass is 360 g/mol. The lowest BCUT2D eigenvalue weighted by Gasteiger charge is -2.16. The molecule has 8 heteroatoms. The average molecular weight is 360 g/mol. The van der Waals surface area contributed by atoms with Crippen molar-refractivity contribution < 1.29 is 18.0 Å². The molecule has 0 atom stereocenters. The number of aromatic amines is 1. The smallest absolute Gasteiger partial charge is 0.346 e. The van der Waals surface area contributed by atoms with Crippen LogP contribution in [0.1, 0.15) is 12.0 Å². The Morgan fingerprint density at radius 2 is 2.12 bits per heavy atom. The lowest BCUT2D eigenvalue weighted by Crippen LogP contribution is -2.30. The van der Waals surface area contributed by atoms with Gasteiger partial charge in [0.05, 0.1) is 6.54 Å². The Kier molecular flexibility index (Phi) is 3.99. The number of ketones is 1. The molecule has 4 heterocycles. The van der Waals surface area contributed by atoms with Crippen molar-refractivity contribution in [1.29, 1.82) is 0 Å². The Morgan fingerprint density at radius 3 is 2.92 bits per heavy atom. The Bertz CT molecular complexity index is 1020. The summed E-state index contributed by atoms with van der Waals surface area (Å²) >= 11 is 0. The molecule has 26 heavy (non-hydrogen) atoms. The Hall–Kier alpha value is -2.74. The molecule has 5 nitrogen and oxygen atoms in total. The van der Waals surface area contributed by atoms with Crippen LogP contribution < -0.4 is 0 Å². The Morgan fingerprint density at radius 1 is 1.27 bits per heavy atom. The summed E-state index contributed by atoms with van der Waals surface area (Å²) in [5, 5.41) is 2.86. The van der Waals surface area contributed by atoms with Crippen LogP contribution in [0.25, 0.3) is 27.4 Å². The number of hydrogen-bond donors (Lipinski definition) is 1. The van der Waals surface area contributed by atoms with Crippen molar-refractivity contribution in [2.75, 3.05) is 19.6 Å². The highest BCUT2D eigenvalue weighted by Gasteiger charge is 2.32. The van der Waals surface area contributed by atoms with Crippen LogP contribution in [0.2, 0.25) is 0 Å². The lowest BCUT2D eigenvalue weighted by molar-refractivity contribution is -0.152. The molecule has 4 rings (SSSR count). The van der Waals surface area contributed by atoms with Crippen LogP contribution in [0.15, 0.2) is 36.9 Å². The third-order valence-corrected chi connectivity index (χ3v) is 4.44.